The summed E-state index contributed by atoms with van der Waals surface area (Å²) < 4.78 is 3.19. The number of pyridine rings is 1. The number of aromatic nitrogens is 2. The summed E-state index contributed by atoms with van der Waals surface area (Å²) >= 11 is 3.09. The number of aryl methyl sites for hydroxylation is 1. The fraction of sp³-hybridized carbons (Fsp3) is 0.333. The topological polar surface area (TPSA) is 75.9 Å². The standard InChI is InChI=1S/C12H17N5S2/c1-9-7-10(19-17-12-15-5-6-18-12)8-16-11(9)14-4-2-3-13/h5-8H,2-4,13H2,1H3,(H,14,16)(H,15,17). The van der Waals surface area contributed by atoms with Crippen LogP contribution in [0.25, 0.3) is 0 Å². The summed E-state index contributed by atoms with van der Waals surface area (Å²) in [5, 5.41) is 6.12. The first-order chi connectivity index (χ1) is 9.29. The van der Waals surface area contributed by atoms with E-state index in [-0.39, 0.29) is 0 Å². The Labute approximate surface area is 121 Å². The van der Waals surface area contributed by atoms with E-state index in [0.29, 0.717) is 6.54 Å². The molecule has 0 spiro atoms. The molecule has 7 heteroatoms. The molecule has 0 saturated heterocycles. The molecule has 2 rings (SSSR count). The van der Waals surface area contributed by atoms with Crippen molar-refractivity contribution in [3.8, 4) is 0 Å². The first kappa shape index (κ1) is 14.1. The molecular formula is C12H17N5S2. The van der Waals surface area contributed by atoms with Gasteiger partial charge >= 0.3 is 0 Å². The molecular weight excluding hydrogens is 278 g/mol. The van der Waals surface area contributed by atoms with Gasteiger partial charge in [-0.1, -0.05) is 0 Å². The highest BCUT2D eigenvalue weighted by Gasteiger charge is 2.03. The van der Waals surface area contributed by atoms with Crippen LogP contribution in [0.15, 0.2) is 28.7 Å². The molecule has 0 atom stereocenters. The van der Waals surface area contributed by atoms with E-state index in [1.807, 2.05) is 18.5 Å². The Kier molecular flexibility index (Phi) is 5.44. The Hall–Kier alpha value is -1.31. The van der Waals surface area contributed by atoms with Gasteiger partial charge in [0.15, 0.2) is 5.13 Å². The zero-order chi connectivity index (χ0) is 13.5. The number of anilines is 2. The van der Waals surface area contributed by atoms with E-state index in [1.54, 1.807) is 17.5 Å². The molecule has 0 unspecified atom stereocenters. The van der Waals surface area contributed by atoms with Gasteiger partial charge in [0.25, 0.3) is 0 Å². The maximum absolute atomic E-state index is 5.46. The van der Waals surface area contributed by atoms with E-state index < -0.39 is 0 Å². The highest BCUT2D eigenvalue weighted by atomic mass is 32.2. The van der Waals surface area contributed by atoms with Crippen molar-refractivity contribution in [3.05, 3.63) is 29.4 Å². The Morgan fingerprint density at radius 3 is 3.00 bits per heavy atom. The van der Waals surface area contributed by atoms with Crippen molar-refractivity contribution < 1.29 is 0 Å². The molecule has 0 aliphatic heterocycles. The molecule has 2 aromatic heterocycles. The lowest BCUT2D eigenvalue weighted by Gasteiger charge is -2.09. The minimum Gasteiger partial charge on any atom is -0.370 e. The summed E-state index contributed by atoms with van der Waals surface area (Å²) in [5.74, 6) is 0.923. The lowest BCUT2D eigenvalue weighted by atomic mass is 10.3. The predicted molar refractivity (Wildman–Crippen MR) is 82.7 cm³/mol. The van der Waals surface area contributed by atoms with Crippen LogP contribution in [0.2, 0.25) is 0 Å². The van der Waals surface area contributed by atoms with Crippen LogP contribution >= 0.6 is 23.3 Å². The van der Waals surface area contributed by atoms with Crippen LogP contribution in [0.1, 0.15) is 12.0 Å². The van der Waals surface area contributed by atoms with E-state index in [0.717, 1.165) is 34.4 Å². The van der Waals surface area contributed by atoms with Crippen molar-refractivity contribution in [2.45, 2.75) is 18.2 Å². The molecule has 4 N–H and O–H groups in total. The SMILES string of the molecule is Cc1cc(SNc2nccs2)cnc1NCCCN. The number of nitrogens with zero attached hydrogens (tertiary/aromatic N) is 2. The van der Waals surface area contributed by atoms with Gasteiger partial charge < -0.3 is 15.8 Å². The molecule has 0 fully saturated rings. The van der Waals surface area contributed by atoms with Gasteiger partial charge in [0.1, 0.15) is 5.82 Å². The van der Waals surface area contributed by atoms with E-state index in [1.165, 1.54) is 11.9 Å². The van der Waals surface area contributed by atoms with Crippen molar-refractivity contribution in [3.63, 3.8) is 0 Å². The van der Waals surface area contributed by atoms with Crippen LogP contribution in [0.3, 0.4) is 0 Å². The van der Waals surface area contributed by atoms with Crippen molar-refractivity contribution in [1.29, 1.82) is 0 Å². The fourth-order valence-corrected chi connectivity index (χ4v) is 2.76. The molecule has 0 bridgehead atoms. The summed E-state index contributed by atoms with van der Waals surface area (Å²) in [5.41, 5.74) is 6.59. The third-order valence-corrected chi connectivity index (χ3v) is 3.99. The van der Waals surface area contributed by atoms with Crippen LogP contribution < -0.4 is 15.8 Å². The van der Waals surface area contributed by atoms with Gasteiger partial charge in [0.2, 0.25) is 0 Å². The Bertz CT molecular complexity index is 501. The highest BCUT2D eigenvalue weighted by Crippen LogP contribution is 2.24. The van der Waals surface area contributed by atoms with E-state index in [4.69, 9.17) is 5.73 Å². The van der Waals surface area contributed by atoms with E-state index in [2.05, 4.69) is 26.1 Å². The second-order valence-electron chi connectivity index (χ2n) is 3.95. The average Bonchev–Trinajstić information content (AvgIpc) is 2.92. The van der Waals surface area contributed by atoms with Gasteiger partial charge in [-0.3, -0.25) is 0 Å². The normalized spacial score (nSPS) is 10.4. The second-order valence-corrected chi connectivity index (χ2v) is 5.72. The molecule has 0 saturated carbocycles. The average molecular weight is 295 g/mol. The lowest BCUT2D eigenvalue weighted by molar-refractivity contribution is 0.868. The number of hydrogen-bond acceptors (Lipinski definition) is 7. The number of nitrogens with two attached hydrogens (primary N) is 1. The first-order valence-corrected chi connectivity index (χ1v) is 7.72. The Morgan fingerprint density at radius 1 is 1.42 bits per heavy atom. The molecule has 0 amide bonds. The van der Waals surface area contributed by atoms with Gasteiger partial charge in [-0.05, 0) is 43.5 Å². The van der Waals surface area contributed by atoms with Gasteiger partial charge in [-0.15, -0.1) is 11.3 Å². The van der Waals surface area contributed by atoms with Gasteiger partial charge in [-0.2, -0.15) is 0 Å². The summed E-state index contributed by atoms with van der Waals surface area (Å²) in [4.78, 5) is 9.65. The maximum atomic E-state index is 5.46. The Balaban J connectivity index is 1.90. The zero-order valence-electron chi connectivity index (χ0n) is 10.7. The van der Waals surface area contributed by atoms with Crippen LogP contribution in [0.4, 0.5) is 10.9 Å². The molecule has 5 nitrogen and oxygen atoms in total. The zero-order valence-corrected chi connectivity index (χ0v) is 12.4. The van der Waals surface area contributed by atoms with Crippen LogP contribution in [0.5, 0.6) is 0 Å². The summed E-state index contributed by atoms with van der Waals surface area (Å²) in [7, 11) is 0. The number of rotatable bonds is 7. The molecule has 2 heterocycles. The monoisotopic (exact) mass is 295 g/mol. The van der Waals surface area contributed by atoms with Crippen molar-refractivity contribution >= 4 is 34.2 Å². The van der Waals surface area contributed by atoms with Crippen LogP contribution in [-0.4, -0.2) is 23.1 Å². The molecule has 0 radical (unpaired) electrons. The lowest BCUT2D eigenvalue weighted by Crippen LogP contribution is -2.10. The van der Waals surface area contributed by atoms with Crippen LogP contribution in [0, 0.1) is 6.92 Å². The summed E-state index contributed by atoms with van der Waals surface area (Å²) in [6.07, 6.45) is 4.58. The molecule has 0 aliphatic rings. The molecule has 2 aromatic rings. The van der Waals surface area contributed by atoms with E-state index >= 15 is 0 Å². The minimum atomic E-state index is 0.692. The van der Waals surface area contributed by atoms with Crippen LogP contribution in [-0.2, 0) is 0 Å². The van der Waals surface area contributed by atoms with Gasteiger partial charge in [0.05, 0.1) is 0 Å². The second kappa shape index (κ2) is 7.32. The first-order valence-electron chi connectivity index (χ1n) is 6.02. The Morgan fingerprint density at radius 2 is 2.32 bits per heavy atom. The van der Waals surface area contributed by atoms with Gasteiger partial charge in [-0.25, -0.2) is 9.97 Å². The van der Waals surface area contributed by atoms with Gasteiger partial charge in [0, 0.05) is 29.2 Å². The molecule has 0 aromatic carbocycles. The highest BCUT2D eigenvalue weighted by molar-refractivity contribution is 8.00. The number of thiazole rings is 1. The van der Waals surface area contributed by atoms with Crippen molar-refractivity contribution in [1.82, 2.24) is 9.97 Å². The van der Waals surface area contributed by atoms with E-state index in [9.17, 15) is 0 Å². The van der Waals surface area contributed by atoms with Crippen molar-refractivity contribution in [2.75, 3.05) is 23.1 Å². The minimum absolute atomic E-state index is 0.692. The largest absolute Gasteiger partial charge is 0.370 e. The summed E-state index contributed by atoms with van der Waals surface area (Å²) in [6, 6.07) is 2.10. The molecule has 19 heavy (non-hydrogen) atoms. The summed E-state index contributed by atoms with van der Waals surface area (Å²) in [6.45, 7) is 3.59. The quantitative estimate of drug-likeness (QED) is 0.538. The molecule has 0 aliphatic carbocycles. The predicted octanol–water partition coefficient (Wildman–Crippen LogP) is 2.73. The smallest absolute Gasteiger partial charge is 0.192 e. The third-order valence-electron chi connectivity index (χ3n) is 2.42. The number of nitrogens with one attached hydrogen (secondary N) is 2. The fourth-order valence-electron chi connectivity index (χ4n) is 1.48. The third kappa shape index (κ3) is 4.38. The van der Waals surface area contributed by atoms with Crippen molar-refractivity contribution in [2.24, 2.45) is 5.73 Å². The molecule has 102 valence electrons. The maximum Gasteiger partial charge on any atom is 0.192 e. The number of hydrogen-bond donors (Lipinski definition) is 3.